The molecule has 23 heavy (non-hydrogen) atoms. The molecule has 6 heteroatoms. The van der Waals surface area contributed by atoms with Crippen LogP contribution in [-0.2, 0) is 4.79 Å². The second kappa shape index (κ2) is 7.99. The summed E-state index contributed by atoms with van der Waals surface area (Å²) in [5.74, 6) is 1.99. The molecule has 5 nitrogen and oxygen atoms in total. The van der Waals surface area contributed by atoms with Crippen LogP contribution in [0.1, 0.15) is 19.8 Å². The van der Waals surface area contributed by atoms with Crippen molar-refractivity contribution >= 4 is 24.0 Å². The molecule has 3 rings (SSSR count). The molecule has 3 N–H and O–H groups in total. The van der Waals surface area contributed by atoms with E-state index in [-0.39, 0.29) is 18.3 Å². The van der Waals surface area contributed by atoms with Crippen molar-refractivity contribution in [1.29, 1.82) is 0 Å². The number of ether oxygens (including phenoxy) is 1. The van der Waals surface area contributed by atoms with Gasteiger partial charge in [0.25, 0.3) is 0 Å². The van der Waals surface area contributed by atoms with E-state index < -0.39 is 0 Å². The molecule has 0 bridgehead atoms. The third-order valence-corrected chi connectivity index (χ3v) is 4.82. The Hall–Kier alpha value is -1.30. The van der Waals surface area contributed by atoms with Gasteiger partial charge in [-0.05, 0) is 43.7 Å². The summed E-state index contributed by atoms with van der Waals surface area (Å²) in [6.07, 6.45) is 2.34. The Kier molecular flexibility index (Phi) is 6.27. The third-order valence-electron chi connectivity index (χ3n) is 4.82. The fraction of sp³-hybridized carbons (Fsp3) is 0.588. The SMILES string of the molecule is CCOc1ccccc1NC(=O)CN1CC2CCC(N)C2C1.Cl. The zero-order valence-corrected chi connectivity index (χ0v) is 14.3. The number of nitrogens with zero attached hydrogens (tertiary/aromatic N) is 1. The number of likely N-dealkylation sites (tertiary alicyclic amines) is 1. The van der Waals surface area contributed by atoms with Crippen molar-refractivity contribution in [3.8, 4) is 5.75 Å². The second-order valence-electron chi connectivity index (χ2n) is 6.34. The van der Waals surface area contributed by atoms with Crippen LogP contribution >= 0.6 is 12.4 Å². The first kappa shape index (κ1) is 18.0. The van der Waals surface area contributed by atoms with E-state index in [1.54, 1.807) is 0 Å². The molecule has 1 aliphatic carbocycles. The van der Waals surface area contributed by atoms with Crippen LogP contribution in [0, 0.1) is 11.8 Å². The van der Waals surface area contributed by atoms with Gasteiger partial charge in [0.15, 0.2) is 0 Å². The molecule has 3 atom stereocenters. The Balaban J connectivity index is 0.00000192. The highest BCUT2D eigenvalue weighted by atomic mass is 35.5. The van der Waals surface area contributed by atoms with Crippen LogP contribution in [0.25, 0.3) is 0 Å². The van der Waals surface area contributed by atoms with Gasteiger partial charge < -0.3 is 15.8 Å². The predicted octanol–water partition coefficient (Wildman–Crippen LogP) is 2.11. The number of hydrogen-bond acceptors (Lipinski definition) is 4. The Morgan fingerprint density at radius 1 is 1.35 bits per heavy atom. The molecule has 0 aromatic heterocycles. The predicted molar refractivity (Wildman–Crippen MR) is 94.1 cm³/mol. The molecule has 2 fully saturated rings. The van der Waals surface area contributed by atoms with E-state index in [9.17, 15) is 4.79 Å². The molecular formula is C17H26ClN3O2. The van der Waals surface area contributed by atoms with Crippen molar-refractivity contribution in [1.82, 2.24) is 4.90 Å². The molecule has 0 radical (unpaired) electrons. The zero-order chi connectivity index (χ0) is 15.5. The van der Waals surface area contributed by atoms with Gasteiger partial charge in [0, 0.05) is 19.1 Å². The molecule has 1 saturated carbocycles. The van der Waals surface area contributed by atoms with Crippen LogP contribution in [0.15, 0.2) is 24.3 Å². The first-order valence-electron chi connectivity index (χ1n) is 8.17. The lowest BCUT2D eigenvalue weighted by atomic mass is 9.98. The third kappa shape index (κ3) is 4.16. The number of amides is 1. The molecule has 0 spiro atoms. The van der Waals surface area contributed by atoms with Gasteiger partial charge in [-0.15, -0.1) is 12.4 Å². The highest BCUT2D eigenvalue weighted by Crippen LogP contribution is 2.36. The number of anilines is 1. The van der Waals surface area contributed by atoms with E-state index in [2.05, 4.69) is 10.2 Å². The number of benzene rings is 1. The molecule has 1 aliphatic heterocycles. The monoisotopic (exact) mass is 339 g/mol. The number of rotatable bonds is 5. The van der Waals surface area contributed by atoms with Gasteiger partial charge in [0.2, 0.25) is 5.91 Å². The van der Waals surface area contributed by atoms with E-state index >= 15 is 0 Å². The molecule has 1 aromatic rings. The molecule has 128 valence electrons. The van der Waals surface area contributed by atoms with Gasteiger partial charge >= 0.3 is 0 Å². The number of para-hydroxylation sites is 2. The number of nitrogens with one attached hydrogen (secondary N) is 1. The first-order valence-corrected chi connectivity index (χ1v) is 8.17. The number of halogens is 1. The standard InChI is InChI=1S/C17H25N3O2.ClH/c1-2-22-16-6-4-3-5-15(16)19-17(21)11-20-9-12-7-8-14(18)13(12)10-20;/h3-6,12-14H,2,7-11,18H2,1H3,(H,19,21);1H. The number of carbonyl (C=O) groups excluding carboxylic acids is 1. The molecular weight excluding hydrogens is 314 g/mol. The van der Waals surface area contributed by atoms with Crippen molar-refractivity contribution in [3.05, 3.63) is 24.3 Å². The van der Waals surface area contributed by atoms with Gasteiger partial charge in [0.05, 0.1) is 18.8 Å². The summed E-state index contributed by atoms with van der Waals surface area (Å²) in [6, 6.07) is 7.87. The maximum atomic E-state index is 12.3. The Morgan fingerprint density at radius 2 is 2.13 bits per heavy atom. The summed E-state index contributed by atoms with van der Waals surface area (Å²) >= 11 is 0. The van der Waals surface area contributed by atoms with Gasteiger partial charge in [-0.1, -0.05) is 12.1 Å². The van der Waals surface area contributed by atoms with E-state index in [1.807, 2.05) is 31.2 Å². The van der Waals surface area contributed by atoms with Crippen molar-refractivity contribution in [3.63, 3.8) is 0 Å². The maximum absolute atomic E-state index is 12.3. The fourth-order valence-corrected chi connectivity index (χ4v) is 3.77. The highest BCUT2D eigenvalue weighted by molar-refractivity contribution is 5.93. The average Bonchev–Trinajstić information content (AvgIpc) is 3.03. The quantitative estimate of drug-likeness (QED) is 0.862. The Bertz CT molecular complexity index is 540. The smallest absolute Gasteiger partial charge is 0.238 e. The molecule has 1 amide bonds. The van der Waals surface area contributed by atoms with Crippen molar-refractivity contribution in [2.75, 3.05) is 31.6 Å². The van der Waals surface area contributed by atoms with E-state index in [4.69, 9.17) is 10.5 Å². The van der Waals surface area contributed by atoms with Crippen molar-refractivity contribution < 1.29 is 9.53 Å². The summed E-state index contributed by atoms with van der Waals surface area (Å²) in [5.41, 5.74) is 6.89. The second-order valence-corrected chi connectivity index (χ2v) is 6.34. The molecule has 3 unspecified atom stereocenters. The topological polar surface area (TPSA) is 67.6 Å². The van der Waals surface area contributed by atoms with E-state index in [1.165, 1.54) is 6.42 Å². The number of fused-ring (bicyclic) bond motifs is 1. The van der Waals surface area contributed by atoms with Gasteiger partial charge in [0.1, 0.15) is 5.75 Å². The largest absolute Gasteiger partial charge is 0.492 e. The van der Waals surface area contributed by atoms with E-state index in [0.717, 1.165) is 30.9 Å². The van der Waals surface area contributed by atoms with Gasteiger partial charge in [-0.2, -0.15) is 0 Å². The van der Waals surface area contributed by atoms with Crippen molar-refractivity contribution in [2.45, 2.75) is 25.8 Å². The minimum absolute atomic E-state index is 0. The minimum Gasteiger partial charge on any atom is -0.492 e. The number of hydrogen-bond donors (Lipinski definition) is 2. The lowest BCUT2D eigenvalue weighted by Gasteiger charge is -2.18. The first-order chi connectivity index (χ1) is 10.7. The molecule has 1 aromatic carbocycles. The van der Waals surface area contributed by atoms with Crippen LogP contribution in [0.5, 0.6) is 5.75 Å². The lowest BCUT2D eigenvalue weighted by Crippen LogP contribution is -2.34. The lowest BCUT2D eigenvalue weighted by molar-refractivity contribution is -0.117. The summed E-state index contributed by atoms with van der Waals surface area (Å²) < 4.78 is 5.54. The Morgan fingerprint density at radius 3 is 2.87 bits per heavy atom. The highest BCUT2D eigenvalue weighted by Gasteiger charge is 2.41. The molecule has 1 saturated heterocycles. The van der Waals surface area contributed by atoms with Crippen LogP contribution in [0.4, 0.5) is 5.69 Å². The minimum atomic E-state index is 0. The summed E-state index contributed by atoms with van der Waals surface area (Å²) in [4.78, 5) is 14.5. The summed E-state index contributed by atoms with van der Waals surface area (Å²) in [6.45, 7) is 4.90. The van der Waals surface area contributed by atoms with Crippen LogP contribution < -0.4 is 15.8 Å². The normalized spacial score (nSPS) is 26.4. The molecule has 2 aliphatic rings. The number of carbonyl (C=O) groups is 1. The number of nitrogens with two attached hydrogens (primary N) is 1. The Labute approximate surface area is 144 Å². The summed E-state index contributed by atoms with van der Waals surface area (Å²) in [7, 11) is 0. The van der Waals surface area contributed by atoms with Crippen LogP contribution in [0.3, 0.4) is 0 Å². The van der Waals surface area contributed by atoms with Crippen LogP contribution in [0.2, 0.25) is 0 Å². The van der Waals surface area contributed by atoms with Crippen LogP contribution in [-0.4, -0.2) is 43.1 Å². The maximum Gasteiger partial charge on any atom is 0.238 e. The van der Waals surface area contributed by atoms with Gasteiger partial charge in [-0.3, -0.25) is 9.69 Å². The molecule has 1 heterocycles. The van der Waals surface area contributed by atoms with E-state index in [0.29, 0.717) is 31.0 Å². The fourth-order valence-electron chi connectivity index (χ4n) is 3.77. The van der Waals surface area contributed by atoms with Crippen molar-refractivity contribution in [2.24, 2.45) is 17.6 Å². The summed E-state index contributed by atoms with van der Waals surface area (Å²) in [5, 5.41) is 2.96. The average molecular weight is 340 g/mol. The van der Waals surface area contributed by atoms with Gasteiger partial charge in [-0.25, -0.2) is 0 Å². The zero-order valence-electron chi connectivity index (χ0n) is 13.5.